The molecule has 3 aromatic carbocycles. The van der Waals surface area contributed by atoms with Gasteiger partial charge in [-0.3, -0.25) is 14.9 Å². The van der Waals surface area contributed by atoms with Gasteiger partial charge in [-0.15, -0.1) is 0 Å². The standard InChI is InChI=1S/C23H24N4O4S/c1-16-21(23(26-25-16)32(29,30)27-18-8-4-2-5-9-18)22(28)24-17-12-14-20(15-13-17)31-19-10-6-3-7-11-19/h2-16,21,23,25-27H,1H3,(H,24,28). The molecule has 32 heavy (non-hydrogen) atoms. The molecule has 1 aliphatic rings. The van der Waals surface area contributed by atoms with Gasteiger partial charge in [0.1, 0.15) is 11.5 Å². The second-order valence-electron chi connectivity index (χ2n) is 7.47. The fourth-order valence-corrected chi connectivity index (χ4v) is 5.04. The molecule has 0 radical (unpaired) electrons. The molecule has 166 valence electrons. The summed E-state index contributed by atoms with van der Waals surface area (Å²) in [6.45, 7) is 1.76. The molecule has 0 aromatic heterocycles. The van der Waals surface area contributed by atoms with E-state index in [2.05, 4.69) is 20.9 Å². The van der Waals surface area contributed by atoms with Crippen LogP contribution in [0.15, 0.2) is 84.9 Å². The van der Waals surface area contributed by atoms with Crippen molar-refractivity contribution in [1.29, 1.82) is 0 Å². The van der Waals surface area contributed by atoms with Gasteiger partial charge in [0.2, 0.25) is 5.91 Å². The lowest BCUT2D eigenvalue weighted by Gasteiger charge is -2.21. The Hall–Kier alpha value is -3.40. The third kappa shape index (κ3) is 5.08. The van der Waals surface area contributed by atoms with Gasteiger partial charge in [-0.25, -0.2) is 13.8 Å². The molecule has 0 spiro atoms. The number of ether oxygens (including phenoxy) is 1. The van der Waals surface area contributed by atoms with Crippen molar-refractivity contribution in [1.82, 2.24) is 10.9 Å². The van der Waals surface area contributed by atoms with E-state index in [1.54, 1.807) is 61.5 Å². The van der Waals surface area contributed by atoms with Gasteiger partial charge in [-0.05, 0) is 55.5 Å². The Bertz CT molecular complexity index is 1160. The molecule has 1 aliphatic heterocycles. The summed E-state index contributed by atoms with van der Waals surface area (Å²) in [5.74, 6) is 0.0751. The van der Waals surface area contributed by atoms with E-state index in [9.17, 15) is 13.2 Å². The highest BCUT2D eigenvalue weighted by molar-refractivity contribution is 7.93. The van der Waals surface area contributed by atoms with Crippen LogP contribution in [0.4, 0.5) is 11.4 Å². The lowest BCUT2D eigenvalue weighted by Crippen LogP contribution is -2.45. The minimum absolute atomic E-state index is 0.395. The number of carbonyl (C=O) groups excluding carboxylic acids is 1. The molecule has 4 rings (SSSR count). The zero-order valence-corrected chi connectivity index (χ0v) is 18.2. The number of carbonyl (C=O) groups is 1. The summed E-state index contributed by atoms with van der Waals surface area (Å²) in [4.78, 5) is 13.0. The third-order valence-corrected chi connectivity index (χ3v) is 6.69. The van der Waals surface area contributed by atoms with Crippen LogP contribution in [0.5, 0.6) is 11.5 Å². The highest BCUT2D eigenvalue weighted by Gasteiger charge is 2.46. The fourth-order valence-electron chi connectivity index (χ4n) is 3.48. The zero-order chi connectivity index (χ0) is 22.6. The average molecular weight is 453 g/mol. The van der Waals surface area contributed by atoms with E-state index >= 15 is 0 Å². The largest absolute Gasteiger partial charge is 0.457 e. The highest BCUT2D eigenvalue weighted by atomic mass is 32.2. The SMILES string of the molecule is CC1NNC(S(=O)(=O)Nc2ccccc2)C1C(=O)Nc1ccc(Oc2ccccc2)cc1. The van der Waals surface area contributed by atoms with Crippen molar-refractivity contribution >= 4 is 27.3 Å². The van der Waals surface area contributed by atoms with Gasteiger partial charge >= 0.3 is 0 Å². The summed E-state index contributed by atoms with van der Waals surface area (Å²) < 4.78 is 34.1. The molecule has 4 N–H and O–H groups in total. The van der Waals surface area contributed by atoms with Crippen LogP contribution >= 0.6 is 0 Å². The Labute approximate surface area is 187 Å². The number of amides is 1. The van der Waals surface area contributed by atoms with Crippen molar-refractivity contribution < 1.29 is 17.9 Å². The molecule has 3 atom stereocenters. The van der Waals surface area contributed by atoms with Crippen LogP contribution in [0.25, 0.3) is 0 Å². The van der Waals surface area contributed by atoms with Crippen LogP contribution in [0, 0.1) is 5.92 Å². The van der Waals surface area contributed by atoms with Crippen molar-refractivity contribution in [3.05, 3.63) is 84.9 Å². The Balaban J connectivity index is 1.44. The quantitative estimate of drug-likeness (QED) is 0.438. The van der Waals surface area contributed by atoms with Crippen molar-refractivity contribution in [2.75, 3.05) is 10.0 Å². The molecule has 9 heteroatoms. The number of sulfonamides is 1. The summed E-state index contributed by atoms with van der Waals surface area (Å²) in [5.41, 5.74) is 6.58. The monoisotopic (exact) mass is 452 g/mol. The molecule has 1 heterocycles. The molecule has 1 amide bonds. The second kappa shape index (κ2) is 9.39. The Kier molecular flexibility index (Phi) is 6.40. The maximum Gasteiger partial charge on any atom is 0.250 e. The lowest BCUT2D eigenvalue weighted by atomic mass is 10.0. The fraction of sp³-hybridized carbons (Fsp3) is 0.174. The van der Waals surface area contributed by atoms with Crippen molar-refractivity contribution in [2.45, 2.75) is 18.3 Å². The minimum atomic E-state index is -3.88. The first kappa shape index (κ1) is 21.8. The number of benzene rings is 3. The molecule has 1 fully saturated rings. The van der Waals surface area contributed by atoms with Crippen LogP contribution in [0.3, 0.4) is 0 Å². The number of rotatable bonds is 7. The van der Waals surface area contributed by atoms with E-state index < -0.39 is 33.3 Å². The summed E-state index contributed by atoms with van der Waals surface area (Å²) in [6, 6.07) is 24.4. The van der Waals surface area contributed by atoms with Crippen LogP contribution in [-0.4, -0.2) is 25.7 Å². The Morgan fingerprint density at radius 2 is 1.41 bits per heavy atom. The highest BCUT2D eigenvalue weighted by Crippen LogP contribution is 2.26. The maximum atomic E-state index is 13.0. The molecular formula is C23H24N4O4S. The summed E-state index contributed by atoms with van der Waals surface area (Å²) in [7, 11) is -3.88. The zero-order valence-electron chi connectivity index (χ0n) is 17.4. The predicted octanol–water partition coefficient (Wildman–Crippen LogP) is 3.30. The molecule has 3 unspecified atom stereocenters. The molecule has 3 aromatic rings. The van der Waals surface area contributed by atoms with Gasteiger partial charge in [-0.2, -0.15) is 0 Å². The van der Waals surface area contributed by atoms with Crippen LogP contribution in [-0.2, 0) is 14.8 Å². The number of hydrazine groups is 1. The van der Waals surface area contributed by atoms with Gasteiger partial charge < -0.3 is 10.1 Å². The summed E-state index contributed by atoms with van der Waals surface area (Å²) >= 11 is 0. The smallest absolute Gasteiger partial charge is 0.250 e. The van der Waals surface area contributed by atoms with E-state index in [4.69, 9.17) is 4.74 Å². The number of hydrogen-bond donors (Lipinski definition) is 4. The van der Waals surface area contributed by atoms with E-state index in [1.807, 2.05) is 30.3 Å². The van der Waals surface area contributed by atoms with Gasteiger partial charge in [0.05, 0.1) is 5.92 Å². The number of anilines is 2. The van der Waals surface area contributed by atoms with Crippen LogP contribution < -0.4 is 25.6 Å². The van der Waals surface area contributed by atoms with Crippen molar-refractivity contribution in [3.63, 3.8) is 0 Å². The lowest BCUT2D eigenvalue weighted by molar-refractivity contribution is -0.119. The number of nitrogens with one attached hydrogen (secondary N) is 4. The van der Waals surface area contributed by atoms with Crippen molar-refractivity contribution in [3.8, 4) is 11.5 Å². The normalized spacial score (nSPS) is 20.5. The van der Waals surface area contributed by atoms with Crippen molar-refractivity contribution in [2.24, 2.45) is 5.92 Å². The number of para-hydroxylation sites is 2. The van der Waals surface area contributed by atoms with E-state index in [0.717, 1.165) is 0 Å². The molecule has 1 saturated heterocycles. The summed E-state index contributed by atoms with van der Waals surface area (Å²) in [6.07, 6.45) is 0. The Morgan fingerprint density at radius 3 is 2.06 bits per heavy atom. The molecule has 0 bridgehead atoms. The van der Waals surface area contributed by atoms with E-state index in [1.165, 1.54) is 0 Å². The molecule has 0 saturated carbocycles. The first-order chi connectivity index (χ1) is 15.4. The number of hydrogen-bond acceptors (Lipinski definition) is 6. The van der Waals surface area contributed by atoms with Crippen LogP contribution in [0.2, 0.25) is 0 Å². The predicted molar refractivity (Wildman–Crippen MR) is 124 cm³/mol. The van der Waals surface area contributed by atoms with Gasteiger partial charge in [-0.1, -0.05) is 36.4 Å². The van der Waals surface area contributed by atoms with Crippen LogP contribution in [0.1, 0.15) is 6.92 Å². The Morgan fingerprint density at radius 1 is 0.812 bits per heavy atom. The van der Waals surface area contributed by atoms with Gasteiger partial charge in [0.25, 0.3) is 10.0 Å². The molecule has 0 aliphatic carbocycles. The first-order valence-electron chi connectivity index (χ1n) is 10.1. The third-order valence-electron chi connectivity index (χ3n) is 5.09. The van der Waals surface area contributed by atoms with E-state index in [-0.39, 0.29) is 0 Å². The molecular weight excluding hydrogens is 428 g/mol. The summed E-state index contributed by atoms with van der Waals surface area (Å²) in [5, 5.41) is 1.66. The average Bonchev–Trinajstić information content (AvgIpc) is 3.19. The molecule has 8 nitrogen and oxygen atoms in total. The second-order valence-corrected chi connectivity index (χ2v) is 9.27. The maximum absolute atomic E-state index is 13.0. The minimum Gasteiger partial charge on any atom is -0.457 e. The van der Waals surface area contributed by atoms with Gasteiger partial charge in [0.15, 0.2) is 5.37 Å². The first-order valence-corrected chi connectivity index (χ1v) is 11.7. The topological polar surface area (TPSA) is 109 Å². The van der Waals surface area contributed by atoms with Gasteiger partial charge in [0, 0.05) is 17.4 Å². The van der Waals surface area contributed by atoms with E-state index in [0.29, 0.717) is 22.9 Å².